The van der Waals surface area contributed by atoms with Crippen molar-refractivity contribution in [3.05, 3.63) is 82.9 Å². The van der Waals surface area contributed by atoms with E-state index < -0.39 is 0 Å². The number of nitrogens with zero attached hydrogens (tertiary/aromatic N) is 2. The van der Waals surface area contributed by atoms with Crippen LogP contribution in [0, 0.1) is 6.92 Å². The molecule has 4 heteroatoms. The highest BCUT2D eigenvalue weighted by Crippen LogP contribution is 2.39. The number of allylic oxidation sites excluding steroid dienone is 1. The van der Waals surface area contributed by atoms with Crippen molar-refractivity contribution >= 4 is 34.2 Å². The average Bonchev–Trinajstić information content (AvgIpc) is 2.73. The Morgan fingerprint density at radius 2 is 1.81 bits per heavy atom. The summed E-state index contributed by atoms with van der Waals surface area (Å²) in [5, 5.41) is 6.39. The van der Waals surface area contributed by atoms with Gasteiger partial charge in [-0.05, 0) is 86.4 Å². The zero-order valence-corrected chi connectivity index (χ0v) is 18.9. The van der Waals surface area contributed by atoms with Gasteiger partial charge in [-0.25, -0.2) is 5.43 Å². The highest BCUT2D eigenvalue weighted by atomic mass is 16.2. The monoisotopic (exact) mass is 411 g/mol. The third-order valence-corrected chi connectivity index (χ3v) is 6.06. The average molecular weight is 412 g/mol. The molecule has 1 amide bonds. The first kappa shape index (κ1) is 20.9. The second-order valence-electron chi connectivity index (χ2n) is 8.71. The number of nitrogens with one attached hydrogen (secondary N) is 1. The minimum atomic E-state index is -0.215. The molecule has 0 fully saturated rings. The van der Waals surface area contributed by atoms with Crippen LogP contribution in [-0.2, 0) is 0 Å². The maximum Gasteiger partial charge on any atom is 0.271 e. The molecular formula is C27H29N3O. The molecule has 3 aromatic rings. The van der Waals surface area contributed by atoms with Crippen molar-refractivity contribution in [3.63, 3.8) is 0 Å². The zero-order valence-electron chi connectivity index (χ0n) is 18.9. The summed E-state index contributed by atoms with van der Waals surface area (Å²) in [6.07, 6.45) is 4.05. The fraction of sp³-hybridized carbons (Fsp3) is 0.259. The number of carbonyl (C=O) groups excluding carboxylic acids is 1. The number of likely N-dealkylation sites (N-methyl/N-ethyl adjacent to an activating group) is 1. The lowest BCUT2D eigenvalue weighted by atomic mass is 9.87. The Bertz CT molecular complexity index is 1220. The first-order chi connectivity index (χ1) is 14.8. The van der Waals surface area contributed by atoms with Gasteiger partial charge in [-0.1, -0.05) is 36.4 Å². The third-order valence-electron chi connectivity index (χ3n) is 6.06. The molecule has 1 heterocycles. The van der Waals surface area contributed by atoms with Gasteiger partial charge in [0, 0.05) is 23.4 Å². The Morgan fingerprint density at radius 1 is 1.06 bits per heavy atom. The Kier molecular flexibility index (Phi) is 5.40. The van der Waals surface area contributed by atoms with E-state index in [0.29, 0.717) is 5.56 Å². The van der Waals surface area contributed by atoms with Crippen LogP contribution in [0.4, 0.5) is 5.69 Å². The molecule has 1 aliphatic heterocycles. The second-order valence-corrected chi connectivity index (χ2v) is 8.71. The quantitative estimate of drug-likeness (QED) is 0.427. The topological polar surface area (TPSA) is 44.7 Å². The molecule has 0 radical (unpaired) electrons. The van der Waals surface area contributed by atoms with E-state index in [9.17, 15) is 4.79 Å². The maximum absolute atomic E-state index is 12.6. The van der Waals surface area contributed by atoms with Crippen LogP contribution in [0.1, 0.15) is 54.7 Å². The number of carbonyl (C=O) groups is 1. The second kappa shape index (κ2) is 8.03. The van der Waals surface area contributed by atoms with Crippen molar-refractivity contribution in [1.29, 1.82) is 0 Å². The summed E-state index contributed by atoms with van der Waals surface area (Å²) in [6.45, 7) is 11.9. The normalized spacial score (nSPS) is 15.1. The molecule has 4 nitrogen and oxygen atoms in total. The first-order valence-electron chi connectivity index (χ1n) is 10.7. The molecule has 1 aliphatic rings. The van der Waals surface area contributed by atoms with Crippen molar-refractivity contribution in [3.8, 4) is 0 Å². The number of fused-ring (bicyclic) bond motifs is 2. The molecule has 0 aromatic heterocycles. The predicted molar refractivity (Wildman–Crippen MR) is 131 cm³/mol. The van der Waals surface area contributed by atoms with Crippen LogP contribution in [0.5, 0.6) is 0 Å². The van der Waals surface area contributed by atoms with Crippen LogP contribution in [0.25, 0.3) is 16.3 Å². The summed E-state index contributed by atoms with van der Waals surface area (Å²) in [4.78, 5) is 15.0. The molecule has 0 saturated heterocycles. The van der Waals surface area contributed by atoms with Gasteiger partial charge in [-0.15, -0.1) is 0 Å². The molecule has 0 bridgehead atoms. The lowest BCUT2D eigenvalue weighted by Crippen LogP contribution is -2.45. The van der Waals surface area contributed by atoms with Gasteiger partial charge in [0.2, 0.25) is 0 Å². The van der Waals surface area contributed by atoms with E-state index in [1.165, 1.54) is 16.8 Å². The maximum atomic E-state index is 12.6. The zero-order chi connectivity index (χ0) is 22.2. The van der Waals surface area contributed by atoms with Gasteiger partial charge in [-0.3, -0.25) is 4.79 Å². The largest absolute Gasteiger partial charge is 0.363 e. The SMILES string of the molecule is CCN1c2cc(C)c(/C=N\NC(=O)c3ccc4ccccc4c3)cc2C(C)=CC1(C)C. The van der Waals surface area contributed by atoms with Crippen LogP contribution in [0.3, 0.4) is 0 Å². The lowest BCUT2D eigenvalue weighted by molar-refractivity contribution is 0.0955. The molecule has 4 rings (SSSR count). The van der Waals surface area contributed by atoms with Crippen molar-refractivity contribution in [2.75, 3.05) is 11.4 Å². The summed E-state index contributed by atoms with van der Waals surface area (Å²) in [5.74, 6) is -0.215. The van der Waals surface area contributed by atoms with E-state index in [4.69, 9.17) is 0 Å². The minimum absolute atomic E-state index is 0.0122. The highest BCUT2D eigenvalue weighted by molar-refractivity contribution is 5.99. The van der Waals surface area contributed by atoms with E-state index in [1.54, 1.807) is 6.21 Å². The number of amides is 1. The number of rotatable bonds is 4. The Hall–Kier alpha value is -3.40. The van der Waals surface area contributed by atoms with Gasteiger partial charge in [0.15, 0.2) is 0 Å². The highest BCUT2D eigenvalue weighted by Gasteiger charge is 2.30. The lowest BCUT2D eigenvalue weighted by Gasteiger charge is -2.43. The Labute approximate surface area is 184 Å². The molecule has 31 heavy (non-hydrogen) atoms. The first-order valence-corrected chi connectivity index (χ1v) is 10.7. The molecule has 0 saturated carbocycles. The fourth-order valence-electron chi connectivity index (χ4n) is 4.52. The summed E-state index contributed by atoms with van der Waals surface area (Å²) < 4.78 is 0. The molecule has 0 atom stereocenters. The minimum Gasteiger partial charge on any atom is -0.363 e. The Morgan fingerprint density at radius 3 is 2.55 bits per heavy atom. The van der Waals surface area contributed by atoms with Crippen LogP contribution in [-0.4, -0.2) is 24.2 Å². The van der Waals surface area contributed by atoms with Gasteiger partial charge in [0.25, 0.3) is 5.91 Å². The van der Waals surface area contributed by atoms with Gasteiger partial charge in [-0.2, -0.15) is 5.10 Å². The smallest absolute Gasteiger partial charge is 0.271 e. The summed E-state index contributed by atoms with van der Waals surface area (Å²) in [6, 6.07) is 18.1. The molecule has 0 spiro atoms. The van der Waals surface area contributed by atoms with E-state index in [1.807, 2.05) is 42.5 Å². The van der Waals surface area contributed by atoms with E-state index in [2.05, 4.69) is 68.3 Å². The third kappa shape index (κ3) is 3.98. The molecule has 3 aromatic carbocycles. The summed E-state index contributed by atoms with van der Waals surface area (Å²) >= 11 is 0. The molecule has 158 valence electrons. The van der Waals surface area contributed by atoms with Crippen molar-refractivity contribution in [2.45, 2.75) is 40.2 Å². The van der Waals surface area contributed by atoms with Gasteiger partial charge in [0.05, 0.1) is 11.8 Å². The van der Waals surface area contributed by atoms with E-state index in [0.717, 1.165) is 28.4 Å². The molecule has 1 N–H and O–H groups in total. The van der Waals surface area contributed by atoms with E-state index >= 15 is 0 Å². The van der Waals surface area contributed by atoms with Crippen molar-refractivity contribution in [1.82, 2.24) is 5.43 Å². The summed E-state index contributed by atoms with van der Waals surface area (Å²) in [5.41, 5.74) is 9.12. The number of benzene rings is 3. The standard InChI is InChI=1S/C27H29N3O/c1-6-30-25-13-18(2)23(15-24(25)19(3)16-27(30,4)5)17-28-29-26(31)22-12-11-20-9-7-8-10-21(20)14-22/h7-17H,6H2,1-5H3,(H,29,31)/b28-17-. The molecule has 0 unspecified atom stereocenters. The fourth-order valence-corrected chi connectivity index (χ4v) is 4.52. The Balaban J connectivity index is 1.57. The van der Waals surface area contributed by atoms with Crippen LogP contribution in [0.15, 0.2) is 65.8 Å². The number of hydrogen-bond donors (Lipinski definition) is 1. The van der Waals surface area contributed by atoms with Crippen molar-refractivity contribution in [2.24, 2.45) is 5.10 Å². The number of hydrazone groups is 1. The van der Waals surface area contributed by atoms with Crippen LogP contribution >= 0.6 is 0 Å². The molecule has 0 aliphatic carbocycles. The predicted octanol–water partition coefficient (Wildman–Crippen LogP) is 5.93. The number of hydrogen-bond acceptors (Lipinski definition) is 3. The molecular weight excluding hydrogens is 382 g/mol. The van der Waals surface area contributed by atoms with Crippen LogP contribution in [0.2, 0.25) is 0 Å². The summed E-state index contributed by atoms with van der Waals surface area (Å²) in [7, 11) is 0. The number of aryl methyl sites for hydroxylation is 1. The van der Waals surface area contributed by atoms with Crippen LogP contribution < -0.4 is 10.3 Å². The van der Waals surface area contributed by atoms with Gasteiger partial charge < -0.3 is 4.90 Å². The number of anilines is 1. The van der Waals surface area contributed by atoms with Gasteiger partial charge >= 0.3 is 0 Å². The van der Waals surface area contributed by atoms with Gasteiger partial charge in [0.1, 0.15) is 0 Å². The van der Waals surface area contributed by atoms with E-state index in [-0.39, 0.29) is 11.4 Å². The van der Waals surface area contributed by atoms with Crippen molar-refractivity contribution < 1.29 is 4.79 Å².